The van der Waals surface area contributed by atoms with Gasteiger partial charge in [0.15, 0.2) is 0 Å². The number of ether oxygens (including phenoxy) is 1. The molecule has 19 heavy (non-hydrogen) atoms. The molecule has 1 atom stereocenters. The fourth-order valence-corrected chi connectivity index (χ4v) is 4.16. The van der Waals surface area contributed by atoms with Gasteiger partial charge >= 0.3 is 0 Å². The van der Waals surface area contributed by atoms with E-state index in [2.05, 4.69) is 11.6 Å². The molecule has 1 unspecified atom stereocenters. The summed E-state index contributed by atoms with van der Waals surface area (Å²) in [6, 6.07) is 0.415. The molecule has 1 heterocycles. The number of nitrogens with zero attached hydrogens (tertiary/aromatic N) is 1. The van der Waals surface area contributed by atoms with E-state index in [1.165, 1.54) is 53.4 Å². The summed E-state index contributed by atoms with van der Waals surface area (Å²) >= 11 is 3.85. The topological polar surface area (TPSA) is 34.1 Å². The molecular weight excluding hydrogens is 276 g/mol. The van der Waals surface area contributed by atoms with E-state index in [9.17, 15) is 0 Å². The predicted octanol–water partition coefficient (Wildman–Crippen LogP) is 3.05. The lowest BCUT2D eigenvalue weighted by Crippen LogP contribution is -2.25. The van der Waals surface area contributed by atoms with Crippen molar-refractivity contribution in [1.29, 1.82) is 0 Å². The zero-order valence-electron chi connectivity index (χ0n) is 11.9. The Morgan fingerprint density at radius 3 is 3.11 bits per heavy atom. The second-order valence-corrected chi connectivity index (χ2v) is 7.01. The van der Waals surface area contributed by atoms with Crippen molar-refractivity contribution in [3.8, 4) is 0 Å². The number of thioether (sulfide) groups is 1. The van der Waals surface area contributed by atoms with Gasteiger partial charge in [0.2, 0.25) is 0 Å². The van der Waals surface area contributed by atoms with Crippen LogP contribution in [-0.2, 0) is 17.6 Å². The zero-order valence-corrected chi connectivity index (χ0v) is 13.5. The molecule has 2 rings (SSSR count). The van der Waals surface area contributed by atoms with Crippen molar-refractivity contribution in [2.45, 2.75) is 38.1 Å². The Labute approximate surface area is 124 Å². The number of hydrogen-bond acceptors (Lipinski definition) is 5. The average molecular weight is 300 g/mol. The lowest BCUT2D eigenvalue weighted by Gasteiger charge is -2.16. The Kier molecular flexibility index (Phi) is 6.64. The van der Waals surface area contributed by atoms with Crippen molar-refractivity contribution in [3.05, 3.63) is 15.6 Å². The van der Waals surface area contributed by atoms with Gasteiger partial charge in [0.05, 0.1) is 18.3 Å². The van der Waals surface area contributed by atoms with E-state index in [0.717, 1.165) is 13.2 Å². The maximum atomic E-state index is 5.13. The second kappa shape index (κ2) is 8.25. The monoisotopic (exact) mass is 300 g/mol. The van der Waals surface area contributed by atoms with Gasteiger partial charge in [-0.15, -0.1) is 11.3 Å². The molecule has 0 aromatic carbocycles. The van der Waals surface area contributed by atoms with E-state index in [-0.39, 0.29) is 0 Å². The molecule has 0 saturated heterocycles. The summed E-state index contributed by atoms with van der Waals surface area (Å²) in [5, 5.41) is 4.89. The van der Waals surface area contributed by atoms with Gasteiger partial charge in [0.1, 0.15) is 5.01 Å². The third kappa shape index (κ3) is 4.45. The van der Waals surface area contributed by atoms with Crippen molar-refractivity contribution in [2.24, 2.45) is 0 Å². The molecule has 1 aliphatic carbocycles. The zero-order chi connectivity index (χ0) is 13.5. The molecule has 0 spiro atoms. The lowest BCUT2D eigenvalue weighted by atomic mass is 10.2. The third-order valence-corrected chi connectivity index (χ3v) is 5.42. The van der Waals surface area contributed by atoms with Gasteiger partial charge < -0.3 is 10.1 Å². The third-order valence-electron chi connectivity index (χ3n) is 3.45. The lowest BCUT2D eigenvalue weighted by molar-refractivity contribution is 0.195. The summed E-state index contributed by atoms with van der Waals surface area (Å²) < 4.78 is 5.13. The summed E-state index contributed by atoms with van der Waals surface area (Å²) in [6.07, 6.45) is 8.31. The number of methoxy groups -OCH3 is 1. The number of hydrogen-bond donors (Lipinski definition) is 1. The number of aromatic nitrogens is 1. The van der Waals surface area contributed by atoms with Crippen LogP contribution in [0.3, 0.4) is 0 Å². The largest absolute Gasteiger partial charge is 0.383 e. The molecule has 0 saturated carbocycles. The van der Waals surface area contributed by atoms with Gasteiger partial charge in [-0.25, -0.2) is 4.98 Å². The van der Waals surface area contributed by atoms with Crippen LogP contribution in [0.15, 0.2) is 0 Å². The quantitative estimate of drug-likeness (QED) is 0.711. The Morgan fingerprint density at radius 2 is 2.37 bits per heavy atom. The second-order valence-electron chi connectivity index (χ2n) is 4.91. The molecule has 0 bridgehead atoms. The smallest absolute Gasteiger partial charge is 0.110 e. The Bertz CT molecular complexity index is 350. The van der Waals surface area contributed by atoms with Crippen molar-refractivity contribution in [3.63, 3.8) is 0 Å². The summed E-state index contributed by atoms with van der Waals surface area (Å²) in [6.45, 7) is 1.68. The van der Waals surface area contributed by atoms with Crippen molar-refractivity contribution >= 4 is 23.1 Å². The molecule has 0 fully saturated rings. The minimum absolute atomic E-state index is 0.415. The van der Waals surface area contributed by atoms with Gasteiger partial charge in [-0.05, 0) is 44.1 Å². The van der Waals surface area contributed by atoms with E-state index in [0.29, 0.717) is 6.04 Å². The Balaban J connectivity index is 1.93. The standard InChI is InChI=1S/C14H24N2OS2/c1-17-9-8-15-12(6-4-10-18-2)14-16-11-5-3-7-13(11)19-14/h12,15H,3-10H2,1-2H3. The first-order chi connectivity index (χ1) is 9.35. The van der Waals surface area contributed by atoms with Gasteiger partial charge in [-0.2, -0.15) is 11.8 Å². The molecule has 0 aliphatic heterocycles. The van der Waals surface area contributed by atoms with Gasteiger partial charge in [0, 0.05) is 18.5 Å². The van der Waals surface area contributed by atoms with E-state index >= 15 is 0 Å². The normalized spacial score (nSPS) is 15.7. The van der Waals surface area contributed by atoms with Crippen LogP contribution in [0.25, 0.3) is 0 Å². The molecule has 3 nitrogen and oxygen atoms in total. The summed E-state index contributed by atoms with van der Waals surface area (Å²) in [4.78, 5) is 6.38. The molecule has 1 aromatic rings. The van der Waals surface area contributed by atoms with Crippen LogP contribution in [0.1, 0.15) is 40.9 Å². The van der Waals surface area contributed by atoms with Crippen molar-refractivity contribution in [1.82, 2.24) is 10.3 Å². The molecule has 5 heteroatoms. The van der Waals surface area contributed by atoms with Gasteiger partial charge in [0.25, 0.3) is 0 Å². The Hall–Kier alpha value is -0.100. The van der Waals surface area contributed by atoms with E-state index in [1.54, 1.807) is 7.11 Å². The minimum atomic E-state index is 0.415. The minimum Gasteiger partial charge on any atom is -0.383 e. The van der Waals surface area contributed by atoms with E-state index in [4.69, 9.17) is 9.72 Å². The van der Waals surface area contributed by atoms with Crippen LogP contribution in [0.5, 0.6) is 0 Å². The fraction of sp³-hybridized carbons (Fsp3) is 0.786. The highest BCUT2D eigenvalue weighted by Crippen LogP contribution is 2.32. The number of thiazole rings is 1. The fourth-order valence-electron chi connectivity index (χ4n) is 2.44. The summed E-state index contributed by atoms with van der Waals surface area (Å²) in [5.74, 6) is 1.23. The van der Waals surface area contributed by atoms with Crippen LogP contribution < -0.4 is 5.32 Å². The van der Waals surface area contributed by atoms with E-state index in [1.807, 2.05) is 23.1 Å². The molecule has 1 aromatic heterocycles. The van der Waals surface area contributed by atoms with Crippen LogP contribution in [0, 0.1) is 0 Å². The molecular formula is C14H24N2OS2. The predicted molar refractivity (Wildman–Crippen MR) is 84.4 cm³/mol. The molecule has 0 radical (unpaired) electrons. The molecule has 0 amide bonds. The first-order valence-electron chi connectivity index (χ1n) is 7.05. The van der Waals surface area contributed by atoms with E-state index < -0.39 is 0 Å². The molecule has 1 aliphatic rings. The van der Waals surface area contributed by atoms with Gasteiger partial charge in [-0.1, -0.05) is 0 Å². The maximum Gasteiger partial charge on any atom is 0.110 e. The summed E-state index contributed by atoms with van der Waals surface area (Å²) in [5.41, 5.74) is 1.36. The highest BCUT2D eigenvalue weighted by molar-refractivity contribution is 7.98. The van der Waals surface area contributed by atoms with Crippen molar-refractivity contribution < 1.29 is 4.74 Å². The van der Waals surface area contributed by atoms with Gasteiger partial charge in [-0.3, -0.25) is 0 Å². The van der Waals surface area contributed by atoms with Crippen LogP contribution in [0.2, 0.25) is 0 Å². The number of fused-ring (bicyclic) bond motifs is 1. The highest BCUT2D eigenvalue weighted by atomic mass is 32.2. The van der Waals surface area contributed by atoms with Crippen molar-refractivity contribution in [2.75, 3.05) is 32.3 Å². The van der Waals surface area contributed by atoms with Crippen LogP contribution in [-0.4, -0.2) is 37.3 Å². The number of rotatable bonds is 9. The average Bonchev–Trinajstić information content (AvgIpc) is 2.98. The molecule has 108 valence electrons. The summed E-state index contributed by atoms with van der Waals surface area (Å²) in [7, 11) is 1.75. The highest BCUT2D eigenvalue weighted by Gasteiger charge is 2.21. The maximum absolute atomic E-state index is 5.13. The first kappa shape index (κ1) is 15.3. The number of aryl methyl sites for hydroxylation is 2. The molecule has 1 N–H and O–H groups in total. The number of nitrogens with one attached hydrogen (secondary N) is 1. The Morgan fingerprint density at radius 1 is 1.47 bits per heavy atom. The first-order valence-corrected chi connectivity index (χ1v) is 9.26. The SMILES string of the molecule is COCCNC(CCCSC)c1nc2c(s1)CCC2. The van der Waals surface area contributed by atoms with Crippen LogP contribution >= 0.6 is 23.1 Å². The van der Waals surface area contributed by atoms with Crippen LogP contribution in [0.4, 0.5) is 0 Å².